The molecule has 0 fully saturated rings. The SMILES string of the molecule is CCC(=O)N1CCc2nc(Nc3ncc(F)c(-c4cc(F)c5nc(C)n(C(C)C)c5c4)n3)ccc2C1. The molecule has 5 rings (SSSR count). The number of benzene rings is 1. The Kier molecular flexibility index (Phi) is 6.11. The van der Waals surface area contributed by atoms with E-state index >= 15 is 0 Å². The number of amides is 1. The van der Waals surface area contributed by atoms with E-state index in [2.05, 4.69) is 25.3 Å². The third kappa shape index (κ3) is 4.27. The minimum Gasteiger partial charge on any atom is -0.338 e. The number of halogens is 2. The summed E-state index contributed by atoms with van der Waals surface area (Å²) in [5.74, 6) is 0.261. The van der Waals surface area contributed by atoms with Gasteiger partial charge in [0.1, 0.15) is 22.9 Å². The van der Waals surface area contributed by atoms with E-state index in [-0.39, 0.29) is 29.1 Å². The average Bonchev–Trinajstić information content (AvgIpc) is 3.21. The zero-order chi connectivity index (χ0) is 25.6. The smallest absolute Gasteiger partial charge is 0.229 e. The fourth-order valence-corrected chi connectivity index (χ4v) is 4.72. The van der Waals surface area contributed by atoms with Crippen LogP contribution in [0.5, 0.6) is 0 Å². The summed E-state index contributed by atoms with van der Waals surface area (Å²) in [4.78, 5) is 31.2. The van der Waals surface area contributed by atoms with Crippen LogP contribution in [-0.4, -0.2) is 41.9 Å². The van der Waals surface area contributed by atoms with Crippen LogP contribution in [0.1, 0.15) is 50.3 Å². The minimum atomic E-state index is -0.661. The molecule has 36 heavy (non-hydrogen) atoms. The Morgan fingerprint density at radius 2 is 1.94 bits per heavy atom. The lowest BCUT2D eigenvalue weighted by molar-refractivity contribution is -0.131. The first-order valence-electron chi connectivity index (χ1n) is 12.0. The summed E-state index contributed by atoms with van der Waals surface area (Å²) in [5, 5.41) is 3.03. The van der Waals surface area contributed by atoms with Gasteiger partial charge in [-0.15, -0.1) is 0 Å². The van der Waals surface area contributed by atoms with Crippen molar-refractivity contribution >= 4 is 28.7 Å². The maximum atomic E-state index is 14.9. The Hall–Kier alpha value is -3.95. The Bertz CT molecular complexity index is 1480. The molecule has 3 aromatic heterocycles. The fraction of sp³-hybridized carbons (Fsp3) is 0.346. The van der Waals surface area contributed by atoms with Crippen LogP contribution in [0, 0.1) is 18.6 Å². The van der Waals surface area contributed by atoms with E-state index in [1.54, 1.807) is 12.1 Å². The van der Waals surface area contributed by atoms with Crippen LogP contribution in [0.3, 0.4) is 0 Å². The molecule has 0 spiro atoms. The molecule has 1 aliphatic heterocycles. The Labute approximate surface area is 207 Å². The van der Waals surface area contributed by atoms with Gasteiger partial charge < -0.3 is 14.8 Å². The number of aromatic nitrogens is 5. The van der Waals surface area contributed by atoms with Gasteiger partial charge in [0, 0.05) is 43.2 Å². The van der Waals surface area contributed by atoms with Crippen molar-refractivity contribution in [3.05, 3.63) is 59.2 Å². The number of hydrogen-bond donors (Lipinski definition) is 1. The molecule has 0 radical (unpaired) electrons. The van der Waals surface area contributed by atoms with Crippen LogP contribution >= 0.6 is 0 Å². The Balaban J connectivity index is 1.46. The van der Waals surface area contributed by atoms with Gasteiger partial charge in [-0.05, 0) is 44.5 Å². The molecule has 1 N–H and O–H groups in total. The van der Waals surface area contributed by atoms with Crippen LogP contribution in [0.25, 0.3) is 22.3 Å². The number of imidazole rings is 1. The van der Waals surface area contributed by atoms with Gasteiger partial charge in [-0.3, -0.25) is 4.79 Å². The van der Waals surface area contributed by atoms with Gasteiger partial charge in [-0.1, -0.05) is 13.0 Å². The topological polar surface area (TPSA) is 88.8 Å². The highest BCUT2D eigenvalue weighted by Gasteiger charge is 2.22. The highest BCUT2D eigenvalue weighted by molar-refractivity contribution is 5.83. The zero-order valence-electron chi connectivity index (χ0n) is 20.6. The highest BCUT2D eigenvalue weighted by Crippen LogP contribution is 2.30. The van der Waals surface area contributed by atoms with Crippen LogP contribution < -0.4 is 5.32 Å². The van der Waals surface area contributed by atoms with E-state index in [4.69, 9.17) is 0 Å². The van der Waals surface area contributed by atoms with Crippen molar-refractivity contribution in [1.82, 2.24) is 29.4 Å². The van der Waals surface area contributed by atoms with E-state index in [0.717, 1.165) is 17.5 Å². The zero-order valence-corrected chi connectivity index (χ0v) is 20.6. The van der Waals surface area contributed by atoms with Crippen molar-refractivity contribution in [2.45, 2.75) is 53.1 Å². The molecule has 4 aromatic rings. The molecule has 8 nitrogen and oxygen atoms in total. The third-order valence-electron chi connectivity index (χ3n) is 6.40. The van der Waals surface area contributed by atoms with Crippen LogP contribution in [0.2, 0.25) is 0 Å². The Morgan fingerprint density at radius 1 is 1.14 bits per heavy atom. The van der Waals surface area contributed by atoms with Gasteiger partial charge in [-0.2, -0.15) is 0 Å². The second-order valence-electron chi connectivity index (χ2n) is 9.18. The van der Waals surface area contributed by atoms with Gasteiger partial charge in [0.25, 0.3) is 0 Å². The molecule has 1 aliphatic rings. The van der Waals surface area contributed by atoms with Gasteiger partial charge in [0.15, 0.2) is 11.6 Å². The van der Waals surface area contributed by atoms with Crippen LogP contribution in [0.4, 0.5) is 20.5 Å². The van der Waals surface area contributed by atoms with Gasteiger partial charge in [0.2, 0.25) is 11.9 Å². The summed E-state index contributed by atoms with van der Waals surface area (Å²) < 4.78 is 31.6. The molecule has 4 heterocycles. The highest BCUT2D eigenvalue weighted by atomic mass is 19.1. The third-order valence-corrected chi connectivity index (χ3v) is 6.40. The van der Waals surface area contributed by atoms with Gasteiger partial charge in [-0.25, -0.2) is 28.7 Å². The molecular weight excluding hydrogens is 464 g/mol. The van der Waals surface area contributed by atoms with E-state index < -0.39 is 11.6 Å². The summed E-state index contributed by atoms with van der Waals surface area (Å²) in [7, 11) is 0. The number of hydrogen-bond acceptors (Lipinski definition) is 6. The summed E-state index contributed by atoms with van der Waals surface area (Å²) in [5.41, 5.74) is 2.99. The second kappa shape index (κ2) is 9.25. The molecule has 0 unspecified atom stereocenters. The monoisotopic (exact) mass is 491 g/mol. The maximum Gasteiger partial charge on any atom is 0.229 e. The van der Waals surface area contributed by atoms with E-state index in [1.165, 1.54) is 6.07 Å². The quantitative estimate of drug-likeness (QED) is 0.418. The van der Waals surface area contributed by atoms with Crippen LogP contribution in [-0.2, 0) is 17.8 Å². The molecule has 10 heteroatoms. The minimum absolute atomic E-state index is 0.0193. The van der Waals surface area contributed by atoms with E-state index in [9.17, 15) is 13.6 Å². The normalized spacial score (nSPS) is 13.4. The molecule has 0 saturated heterocycles. The summed E-state index contributed by atoms with van der Waals surface area (Å²) in [6.07, 6.45) is 2.18. The van der Waals surface area contributed by atoms with E-state index in [1.807, 2.05) is 43.2 Å². The van der Waals surface area contributed by atoms with Crippen molar-refractivity contribution in [3.63, 3.8) is 0 Å². The first-order valence-corrected chi connectivity index (χ1v) is 12.0. The number of fused-ring (bicyclic) bond motifs is 2. The molecule has 0 bridgehead atoms. The van der Waals surface area contributed by atoms with Crippen LogP contribution in [0.15, 0.2) is 30.5 Å². The molecule has 1 amide bonds. The lowest BCUT2D eigenvalue weighted by Gasteiger charge is -2.28. The predicted octanol–water partition coefficient (Wildman–Crippen LogP) is 5.09. The largest absolute Gasteiger partial charge is 0.338 e. The molecule has 186 valence electrons. The van der Waals surface area contributed by atoms with Crippen molar-refractivity contribution < 1.29 is 13.6 Å². The number of carbonyl (C=O) groups excluding carboxylic acids is 1. The number of nitrogens with zero attached hydrogens (tertiary/aromatic N) is 6. The lowest BCUT2D eigenvalue weighted by Crippen LogP contribution is -2.35. The summed E-state index contributed by atoms with van der Waals surface area (Å²) in [6.45, 7) is 8.79. The molecule has 1 aromatic carbocycles. The molecular formula is C26H27F2N7O. The molecule has 0 saturated carbocycles. The van der Waals surface area contributed by atoms with Gasteiger partial charge >= 0.3 is 0 Å². The van der Waals surface area contributed by atoms with E-state index in [0.29, 0.717) is 48.7 Å². The number of anilines is 2. The maximum absolute atomic E-state index is 14.9. The van der Waals surface area contributed by atoms with Crippen molar-refractivity contribution in [3.8, 4) is 11.3 Å². The first-order chi connectivity index (χ1) is 17.2. The predicted molar refractivity (Wildman–Crippen MR) is 133 cm³/mol. The molecule has 0 atom stereocenters. The number of pyridine rings is 1. The second-order valence-corrected chi connectivity index (χ2v) is 9.18. The molecule has 0 aliphatic carbocycles. The average molecular weight is 492 g/mol. The van der Waals surface area contributed by atoms with Gasteiger partial charge in [0.05, 0.1) is 11.7 Å². The van der Waals surface area contributed by atoms with Crippen molar-refractivity contribution in [1.29, 1.82) is 0 Å². The number of aryl methyl sites for hydroxylation is 1. The number of rotatable bonds is 5. The Morgan fingerprint density at radius 3 is 2.69 bits per heavy atom. The van der Waals surface area contributed by atoms with Crippen molar-refractivity contribution in [2.24, 2.45) is 0 Å². The fourth-order valence-electron chi connectivity index (χ4n) is 4.72. The number of nitrogens with one attached hydrogen (secondary N) is 1. The standard InChI is InChI=1S/C26H27F2N7O/c1-5-23(36)34-9-8-20-16(13-34)6-7-22(31-20)32-26-29-12-19(28)24(33-26)17-10-18(27)25-21(11-17)35(14(2)3)15(4)30-25/h6-7,10-12,14H,5,8-9,13H2,1-4H3,(H,29,31,32,33). The first kappa shape index (κ1) is 23.8. The summed E-state index contributed by atoms with van der Waals surface area (Å²) >= 11 is 0. The van der Waals surface area contributed by atoms with Crippen molar-refractivity contribution in [2.75, 3.05) is 11.9 Å². The summed E-state index contributed by atoms with van der Waals surface area (Å²) in [6, 6.07) is 6.70. The number of carbonyl (C=O) groups is 1. The lowest BCUT2D eigenvalue weighted by atomic mass is 10.1.